The maximum atomic E-state index is 4.56. The first-order valence-electron chi connectivity index (χ1n) is 7.74. The fourth-order valence-electron chi connectivity index (χ4n) is 2.32. The van der Waals surface area contributed by atoms with Crippen LogP contribution in [0.3, 0.4) is 0 Å². The van der Waals surface area contributed by atoms with Crippen molar-refractivity contribution in [1.29, 1.82) is 0 Å². The van der Waals surface area contributed by atoms with Crippen molar-refractivity contribution in [2.24, 2.45) is 0 Å². The van der Waals surface area contributed by atoms with Crippen molar-refractivity contribution in [3.8, 4) is 0 Å². The summed E-state index contributed by atoms with van der Waals surface area (Å²) in [4.78, 5) is 5.88. The molecular formula is C18H26N2S. The normalized spacial score (nSPS) is 13.3. The number of benzene rings is 1. The van der Waals surface area contributed by atoms with Gasteiger partial charge in [0.25, 0.3) is 0 Å². The fraction of sp³-hybridized carbons (Fsp3) is 0.500. The summed E-state index contributed by atoms with van der Waals surface area (Å²) in [6.07, 6.45) is 4.36. The molecule has 21 heavy (non-hydrogen) atoms. The van der Waals surface area contributed by atoms with Crippen molar-refractivity contribution in [2.75, 3.05) is 0 Å². The zero-order valence-electron chi connectivity index (χ0n) is 13.5. The first kappa shape index (κ1) is 16.2. The Kier molecular flexibility index (Phi) is 5.54. The number of hydrogen-bond acceptors (Lipinski definition) is 3. The second-order valence-electron chi connectivity index (χ2n) is 6.51. The smallest absolute Gasteiger partial charge is 0.0981 e. The minimum absolute atomic E-state index is 0.144. The number of rotatable bonds is 6. The van der Waals surface area contributed by atoms with Gasteiger partial charge in [0.2, 0.25) is 0 Å². The van der Waals surface area contributed by atoms with Gasteiger partial charge in [0.05, 0.1) is 5.01 Å². The van der Waals surface area contributed by atoms with Crippen LogP contribution in [0.2, 0.25) is 0 Å². The molecule has 0 aliphatic rings. The van der Waals surface area contributed by atoms with Crippen molar-refractivity contribution in [3.05, 3.63) is 52.0 Å². The van der Waals surface area contributed by atoms with Crippen LogP contribution in [0.1, 0.15) is 62.0 Å². The summed E-state index contributed by atoms with van der Waals surface area (Å²) >= 11 is 1.82. The zero-order chi connectivity index (χ0) is 15.3. The maximum absolute atomic E-state index is 4.56. The van der Waals surface area contributed by atoms with E-state index in [-0.39, 0.29) is 5.41 Å². The third-order valence-electron chi connectivity index (χ3n) is 3.50. The first-order valence-corrected chi connectivity index (χ1v) is 8.56. The van der Waals surface area contributed by atoms with E-state index in [1.54, 1.807) is 0 Å². The minimum Gasteiger partial charge on any atom is -0.305 e. The molecule has 2 rings (SSSR count). The first-order chi connectivity index (χ1) is 10.0. The van der Waals surface area contributed by atoms with Gasteiger partial charge in [-0.15, -0.1) is 11.3 Å². The largest absolute Gasteiger partial charge is 0.305 e. The minimum atomic E-state index is 0.144. The summed E-state index contributed by atoms with van der Waals surface area (Å²) in [5.74, 6) is 0. The summed E-state index contributed by atoms with van der Waals surface area (Å²) in [6, 6.07) is 11.2. The Hall–Kier alpha value is -1.19. The third kappa shape index (κ3) is 4.65. The van der Waals surface area contributed by atoms with Crippen molar-refractivity contribution in [3.63, 3.8) is 0 Å². The van der Waals surface area contributed by atoms with E-state index in [1.807, 2.05) is 17.5 Å². The van der Waals surface area contributed by atoms with Crippen LogP contribution >= 0.6 is 11.3 Å². The Labute approximate surface area is 132 Å². The predicted molar refractivity (Wildman–Crippen MR) is 91.7 cm³/mol. The van der Waals surface area contributed by atoms with Crippen LogP contribution in [0, 0.1) is 0 Å². The molecule has 2 nitrogen and oxygen atoms in total. The van der Waals surface area contributed by atoms with Gasteiger partial charge >= 0.3 is 0 Å². The Morgan fingerprint density at radius 2 is 1.90 bits per heavy atom. The van der Waals surface area contributed by atoms with Crippen molar-refractivity contribution in [1.82, 2.24) is 10.3 Å². The molecule has 0 saturated carbocycles. The summed E-state index contributed by atoms with van der Waals surface area (Å²) in [7, 11) is 0. The Balaban J connectivity index is 2.01. The molecule has 114 valence electrons. The molecule has 1 N–H and O–H groups in total. The average Bonchev–Trinajstić information content (AvgIpc) is 2.93. The number of thiazole rings is 1. The number of aromatic nitrogens is 1. The molecule has 0 fully saturated rings. The third-order valence-corrected chi connectivity index (χ3v) is 4.92. The van der Waals surface area contributed by atoms with Crippen molar-refractivity contribution < 1.29 is 0 Å². The van der Waals surface area contributed by atoms with E-state index in [4.69, 9.17) is 0 Å². The van der Waals surface area contributed by atoms with Crippen LogP contribution in [0.15, 0.2) is 36.5 Å². The average molecular weight is 302 g/mol. The highest BCUT2D eigenvalue weighted by Gasteiger charge is 2.18. The zero-order valence-corrected chi connectivity index (χ0v) is 14.3. The highest BCUT2D eigenvalue weighted by molar-refractivity contribution is 7.11. The molecule has 2 aromatic rings. The van der Waals surface area contributed by atoms with E-state index >= 15 is 0 Å². The Bertz CT molecular complexity index is 540. The van der Waals surface area contributed by atoms with Gasteiger partial charge in [-0.2, -0.15) is 0 Å². The van der Waals surface area contributed by atoms with Crippen LogP contribution in [0.5, 0.6) is 0 Å². The van der Waals surface area contributed by atoms with E-state index in [0.717, 1.165) is 13.0 Å². The summed E-state index contributed by atoms with van der Waals surface area (Å²) in [5.41, 5.74) is 1.52. The van der Waals surface area contributed by atoms with Gasteiger partial charge in [-0.05, 0) is 12.0 Å². The van der Waals surface area contributed by atoms with E-state index in [0.29, 0.717) is 6.04 Å². The fourth-order valence-corrected chi connectivity index (χ4v) is 3.24. The molecule has 0 radical (unpaired) electrons. The molecule has 1 aromatic heterocycles. The molecule has 1 heterocycles. The Morgan fingerprint density at radius 3 is 2.48 bits per heavy atom. The SMILES string of the molecule is CCCC(NCc1cnc(C(C)(C)C)s1)c1ccccc1. The molecule has 0 saturated heterocycles. The molecule has 0 aliphatic heterocycles. The number of nitrogens with one attached hydrogen (secondary N) is 1. The van der Waals surface area contributed by atoms with Gasteiger partial charge in [-0.25, -0.2) is 4.98 Å². The lowest BCUT2D eigenvalue weighted by Crippen LogP contribution is -2.20. The van der Waals surface area contributed by atoms with Crippen molar-refractivity contribution in [2.45, 2.75) is 58.5 Å². The molecule has 1 atom stereocenters. The molecule has 1 aromatic carbocycles. The van der Waals surface area contributed by atoms with Gasteiger partial charge < -0.3 is 5.32 Å². The molecule has 0 amide bonds. The molecule has 0 bridgehead atoms. The van der Waals surface area contributed by atoms with Gasteiger partial charge in [-0.3, -0.25) is 0 Å². The molecule has 0 aliphatic carbocycles. The molecule has 1 unspecified atom stereocenters. The van der Waals surface area contributed by atoms with Gasteiger partial charge in [-0.1, -0.05) is 64.4 Å². The van der Waals surface area contributed by atoms with E-state index in [1.165, 1.54) is 21.9 Å². The monoisotopic (exact) mass is 302 g/mol. The second-order valence-corrected chi connectivity index (χ2v) is 7.63. The molecule has 0 spiro atoms. The molecular weight excluding hydrogens is 276 g/mol. The van der Waals surface area contributed by atoms with E-state index in [2.05, 4.69) is 68.3 Å². The lowest BCUT2D eigenvalue weighted by atomic mass is 9.98. The van der Waals surface area contributed by atoms with Crippen LogP contribution in [0.25, 0.3) is 0 Å². The number of nitrogens with zero attached hydrogens (tertiary/aromatic N) is 1. The summed E-state index contributed by atoms with van der Waals surface area (Å²) < 4.78 is 0. The molecule has 3 heteroatoms. The maximum Gasteiger partial charge on any atom is 0.0981 e. The second kappa shape index (κ2) is 7.19. The van der Waals surface area contributed by atoms with Crippen molar-refractivity contribution >= 4 is 11.3 Å². The van der Waals surface area contributed by atoms with Crippen LogP contribution < -0.4 is 5.32 Å². The van der Waals surface area contributed by atoms with Crippen LogP contribution in [-0.2, 0) is 12.0 Å². The van der Waals surface area contributed by atoms with Gasteiger partial charge in [0.15, 0.2) is 0 Å². The number of hydrogen-bond donors (Lipinski definition) is 1. The highest BCUT2D eigenvalue weighted by Crippen LogP contribution is 2.27. The predicted octanol–water partition coefficient (Wildman–Crippen LogP) is 5.07. The van der Waals surface area contributed by atoms with Gasteiger partial charge in [0, 0.05) is 29.1 Å². The standard InChI is InChI=1S/C18H26N2S/c1-5-9-16(14-10-7-6-8-11-14)19-12-15-13-20-17(21-15)18(2,3)4/h6-8,10-11,13,16,19H,5,9,12H2,1-4H3. The Morgan fingerprint density at radius 1 is 1.19 bits per heavy atom. The van der Waals surface area contributed by atoms with Crippen LogP contribution in [0.4, 0.5) is 0 Å². The topological polar surface area (TPSA) is 24.9 Å². The lowest BCUT2D eigenvalue weighted by Gasteiger charge is -2.18. The quantitative estimate of drug-likeness (QED) is 0.805. The van der Waals surface area contributed by atoms with Gasteiger partial charge in [0.1, 0.15) is 0 Å². The van der Waals surface area contributed by atoms with E-state index < -0.39 is 0 Å². The van der Waals surface area contributed by atoms with E-state index in [9.17, 15) is 0 Å². The summed E-state index contributed by atoms with van der Waals surface area (Å²) in [6.45, 7) is 9.78. The lowest BCUT2D eigenvalue weighted by molar-refractivity contribution is 0.496. The summed E-state index contributed by atoms with van der Waals surface area (Å²) in [5, 5.41) is 4.90. The van der Waals surface area contributed by atoms with Crippen LogP contribution in [-0.4, -0.2) is 4.98 Å². The highest BCUT2D eigenvalue weighted by atomic mass is 32.1.